The third-order valence-corrected chi connectivity index (χ3v) is 3.46. The molecule has 2 aromatic carbocycles. The summed E-state index contributed by atoms with van der Waals surface area (Å²) in [5, 5.41) is 2.11. The van der Waals surface area contributed by atoms with E-state index < -0.39 is 30.1 Å². The molecule has 0 aromatic heterocycles. The lowest BCUT2D eigenvalue weighted by Gasteiger charge is -2.08. The molecule has 0 unspecified atom stereocenters. The van der Waals surface area contributed by atoms with Crippen LogP contribution in [0.25, 0.3) is 0 Å². The Labute approximate surface area is 150 Å². The lowest BCUT2D eigenvalue weighted by molar-refractivity contribution is -0.149. The van der Waals surface area contributed by atoms with E-state index in [2.05, 4.69) is 27.9 Å². The molecule has 0 saturated heterocycles. The van der Waals surface area contributed by atoms with Gasteiger partial charge in [-0.25, -0.2) is 13.6 Å². The zero-order chi connectivity index (χ0) is 17.5. The maximum Gasteiger partial charge on any atom is 0.344 e. The monoisotopic (exact) mass is 447 g/mol. The fraction of sp³-hybridized carbons (Fsp3) is 0.125. The highest BCUT2D eigenvalue weighted by Gasteiger charge is 2.11. The van der Waals surface area contributed by atoms with E-state index in [4.69, 9.17) is 9.47 Å². The molecule has 8 heteroatoms. The van der Waals surface area contributed by atoms with Crippen molar-refractivity contribution in [3.63, 3.8) is 0 Å². The molecule has 2 rings (SSSR count). The third-order valence-electron chi connectivity index (χ3n) is 2.74. The van der Waals surface area contributed by atoms with Crippen LogP contribution in [0.1, 0.15) is 0 Å². The molecule has 2 aromatic rings. The quantitative estimate of drug-likeness (QED) is 0.546. The lowest BCUT2D eigenvalue weighted by atomic mass is 10.3. The Morgan fingerprint density at radius 1 is 1.04 bits per heavy atom. The van der Waals surface area contributed by atoms with Crippen molar-refractivity contribution < 1.29 is 27.8 Å². The van der Waals surface area contributed by atoms with Crippen molar-refractivity contribution >= 4 is 40.2 Å². The SMILES string of the molecule is O=C(COC(=O)COc1ccc(I)cc1)Nc1cc(F)ccc1F. The number of anilines is 1. The van der Waals surface area contributed by atoms with Crippen molar-refractivity contribution in [1.82, 2.24) is 0 Å². The maximum absolute atomic E-state index is 13.4. The van der Waals surface area contributed by atoms with Gasteiger partial charge in [-0.05, 0) is 59.0 Å². The highest BCUT2D eigenvalue weighted by Crippen LogP contribution is 2.15. The second-order valence-corrected chi connectivity index (χ2v) is 5.82. The van der Waals surface area contributed by atoms with Gasteiger partial charge in [0.25, 0.3) is 5.91 Å². The van der Waals surface area contributed by atoms with Crippen LogP contribution in [0, 0.1) is 15.2 Å². The zero-order valence-corrected chi connectivity index (χ0v) is 14.4. The molecular weight excluding hydrogens is 435 g/mol. The van der Waals surface area contributed by atoms with Gasteiger partial charge >= 0.3 is 5.97 Å². The van der Waals surface area contributed by atoms with Gasteiger partial charge in [0.2, 0.25) is 0 Å². The normalized spacial score (nSPS) is 10.1. The van der Waals surface area contributed by atoms with E-state index in [1.165, 1.54) is 0 Å². The number of halogens is 3. The van der Waals surface area contributed by atoms with Gasteiger partial charge in [-0.15, -0.1) is 0 Å². The van der Waals surface area contributed by atoms with E-state index in [0.29, 0.717) is 5.75 Å². The molecule has 0 heterocycles. The largest absolute Gasteiger partial charge is 0.482 e. The van der Waals surface area contributed by atoms with Crippen LogP contribution in [0.5, 0.6) is 5.75 Å². The molecule has 0 spiro atoms. The first-order chi connectivity index (χ1) is 11.4. The van der Waals surface area contributed by atoms with Crippen molar-refractivity contribution in [2.75, 3.05) is 18.5 Å². The fourth-order valence-electron chi connectivity index (χ4n) is 1.64. The molecule has 1 amide bonds. The summed E-state index contributed by atoms with van der Waals surface area (Å²) >= 11 is 2.13. The minimum atomic E-state index is -0.793. The highest BCUT2D eigenvalue weighted by atomic mass is 127. The summed E-state index contributed by atoms with van der Waals surface area (Å²) in [6.45, 7) is -1.01. The number of carbonyl (C=O) groups excluding carboxylic acids is 2. The molecule has 5 nitrogen and oxygen atoms in total. The number of nitrogens with one attached hydrogen (secondary N) is 1. The van der Waals surface area contributed by atoms with Crippen LogP contribution in [-0.2, 0) is 14.3 Å². The van der Waals surface area contributed by atoms with Gasteiger partial charge in [-0.2, -0.15) is 0 Å². The second kappa shape index (κ2) is 8.57. The van der Waals surface area contributed by atoms with Crippen LogP contribution in [-0.4, -0.2) is 25.1 Å². The summed E-state index contributed by atoms with van der Waals surface area (Å²) in [5.41, 5.74) is -0.328. The van der Waals surface area contributed by atoms with Gasteiger partial charge in [-0.1, -0.05) is 0 Å². The molecule has 0 bridgehead atoms. The smallest absolute Gasteiger partial charge is 0.344 e. The van der Waals surface area contributed by atoms with Crippen LogP contribution in [0.15, 0.2) is 42.5 Å². The summed E-state index contributed by atoms with van der Waals surface area (Å²) in [6.07, 6.45) is 0. The Morgan fingerprint density at radius 2 is 1.75 bits per heavy atom. The molecule has 0 aliphatic rings. The Kier molecular flexibility index (Phi) is 6.47. The van der Waals surface area contributed by atoms with Gasteiger partial charge in [0.05, 0.1) is 5.69 Å². The van der Waals surface area contributed by atoms with E-state index in [1.807, 2.05) is 12.1 Å². The van der Waals surface area contributed by atoms with Gasteiger partial charge in [0.1, 0.15) is 17.4 Å². The average molecular weight is 447 g/mol. The van der Waals surface area contributed by atoms with Crippen LogP contribution >= 0.6 is 22.6 Å². The summed E-state index contributed by atoms with van der Waals surface area (Å²) < 4.78 is 37.2. The Morgan fingerprint density at radius 3 is 2.46 bits per heavy atom. The second-order valence-electron chi connectivity index (χ2n) is 4.58. The minimum absolute atomic E-state index is 0.328. The van der Waals surface area contributed by atoms with Crippen LogP contribution in [0.2, 0.25) is 0 Å². The molecule has 0 fully saturated rings. The van der Waals surface area contributed by atoms with E-state index in [-0.39, 0.29) is 12.3 Å². The van der Waals surface area contributed by atoms with Crippen LogP contribution < -0.4 is 10.1 Å². The van der Waals surface area contributed by atoms with Crippen molar-refractivity contribution in [3.8, 4) is 5.75 Å². The van der Waals surface area contributed by atoms with Gasteiger partial charge < -0.3 is 14.8 Å². The number of rotatable bonds is 6. The molecule has 0 aliphatic heterocycles. The number of benzene rings is 2. The van der Waals surface area contributed by atoms with Crippen molar-refractivity contribution in [2.24, 2.45) is 0 Å². The standard InChI is InChI=1S/C16H12F2INO4/c17-10-1-6-13(18)14(7-10)20-15(21)8-24-16(22)9-23-12-4-2-11(19)3-5-12/h1-7H,8-9H2,(H,20,21). The third kappa shape index (κ3) is 5.76. The fourth-order valence-corrected chi connectivity index (χ4v) is 2.00. The topological polar surface area (TPSA) is 64.6 Å². The Balaban J connectivity index is 1.75. The van der Waals surface area contributed by atoms with E-state index in [0.717, 1.165) is 21.8 Å². The first-order valence-electron chi connectivity index (χ1n) is 6.73. The van der Waals surface area contributed by atoms with Crippen LogP contribution in [0.4, 0.5) is 14.5 Å². The molecular formula is C16H12F2INO4. The molecule has 24 heavy (non-hydrogen) atoms. The first kappa shape index (κ1) is 18.1. The molecule has 0 aliphatic carbocycles. The molecule has 0 radical (unpaired) electrons. The highest BCUT2D eigenvalue weighted by molar-refractivity contribution is 14.1. The maximum atomic E-state index is 13.4. The Hall–Kier alpha value is -2.23. The van der Waals surface area contributed by atoms with Gasteiger partial charge in [0, 0.05) is 9.64 Å². The number of hydrogen-bond donors (Lipinski definition) is 1. The number of ether oxygens (including phenoxy) is 2. The predicted octanol–water partition coefficient (Wildman–Crippen LogP) is 3.13. The minimum Gasteiger partial charge on any atom is -0.482 e. The van der Waals surface area contributed by atoms with Crippen molar-refractivity contribution in [1.29, 1.82) is 0 Å². The molecule has 0 saturated carbocycles. The van der Waals surface area contributed by atoms with E-state index >= 15 is 0 Å². The summed E-state index contributed by atoms with van der Waals surface area (Å²) in [7, 11) is 0. The first-order valence-corrected chi connectivity index (χ1v) is 7.81. The van der Waals surface area contributed by atoms with E-state index in [1.54, 1.807) is 12.1 Å². The number of amides is 1. The van der Waals surface area contributed by atoms with Crippen molar-refractivity contribution in [3.05, 3.63) is 57.7 Å². The summed E-state index contributed by atoms with van der Waals surface area (Å²) in [5.74, 6) is -2.56. The predicted molar refractivity (Wildman–Crippen MR) is 90.6 cm³/mol. The number of hydrogen-bond acceptors (Lipinski definition) is 4. The zero-order valence-electron chi connectivity index (χ0n) is 12.2. The number of carbonyl (C=O) groups is 2. The van der Waals surface area contributed by atoms with Gasteiger partial charge in [-0.3, -0.25) is 4.79 Å². The van der Waals surface area contributed by atoms with Gasteiger partial charge in [0.15, 0.2) is 13.2 Å². The summed E-state index contributed by atoms with van der Waals surface area (Å²) in [6, 6.07) is 9.63. The molecule has 126 valence electrons. The lowest BCUT2D eigenvalue weighted by Crippen LogP contribution is -2.24. The molecule has 0 atom stereocenters. The van der Waals surface area contributed by atoms with Crippen molar-refractivity contribution in [2.45, 2.75) is 0 Å². The Bertz CT molecular complexity index is 737. The van der Waals surface area contributed by atoms with E-state index in [9.17, 15) is 18.4 Å². The number of esters is 1. The average Bonchev–Trinajstić information content (AvgIpc) is 2.56. The van der Waals surface area contributed by atoms with Crippen LogP contribution in [0.3, 0.4) is 0 Å². The molecule has 1 N–H and O–H groups in total. The summed E-state index contributed by atoms with van der Waals surface area (Å²) in [4.78, 5) is 23.1.